The number of hydrogen-bond acceptors (Lipinski definition) is 4. The molecule has 1 aromatic rings. The molecule has 112 valence electrons. The van der Waals surface area contributed by atoms with Crippen LogP contribution >= 0.6 is 0 Å². The van der Waals surface area contributed by atoms with Gasteiger partial charge in [-0.1, -0.05) is 0 Å². The Labute approximate surface area is 118 Å². The molecule has 0 aromatic heterocycles. The SMILES string of the molecule is COCC(N)C(=O)Nc1ccc(N(C)C(C)C)c(F)c1. The van der Waals surface area contributed by atoms with Gasteiger partial charge in [-0.15, -0.1) is 0 Å². The van der Waals surface area contributed by atoms with E-state index < -0.39 is 11.9 Å². The van der Waals surface area contributed by atoms with Crippen LogP contribution in [0.2, 0.25) is 0 Å². The number of nitrogens with two attached hydrogens (primary N) is 1. The molecule has 0 fully saturated rings. The number of methoxy groups -OCH3 is 1. The summed E-state index contributed by atoms with van der Waals surface area (Å²) in [7, 11) is 3.28. The smallest absolute Gasteiger partial charge is 0.243 e. The fourth-order valence-corrected chi connectivity index (χ4v) is 1.64. The summed E-state index contributed by atoms with van der Waals surface area (Å²) < 4.78 is 18.8. The van der Waals surface area contributed by atoms with Crippen LogP contribution in [0.25, 0.3) is 0 Å². The molecule has 1 atom stereocenters. The van der Waals surface area contributed by atoms with Crippen molar-refractivity contribution in [3.8, 4) is 0 Å². The normalized spacial score (nSPS) is 12.3. The van der Waals surface area contributed by atoms with Gasteiger partial charge in [-0.3, -0.25) is 4.79 Å². The fourth-order valence-electron chi connectivity index (χ4n) is 1.64. The molecule has 3 N–H and O–H groups in total. The van der Waals surface area contributed by atoms with E-state index in [4.69, 9.17) is 10.5 Å². The lowest BCUT2D eigenvalue weighted by atomic mass is 10.2. The Balaban J connectivity index is 2.80. The number of carbonyl (C=O) groups excluding carboxylic acids is 1. The molecule has 0 heterocycles. The van der Waals surface area contributed by atoms with E-state index in [0.29, 0.717) is 11.4 Å². The summed E-state index contributed by atoms with van der Waals surface area (Å²) in [4.78, 5) is 13.5. The molecule has 0 saturated heterocycles. The first-order valence-electron chi connectivity index (χ1n) is 6.44. The van der Waals surface area contributed by atoms with Crippen LogP contribution in [0.15, 0.2) is 18.2 Å². The summed E-state index contributed by atoms with van der Waals surface area (Å²) in [5, 5.41) is 2.56. The molecule has 0 aliphatic rings. The topological polar surface area (TPSA) is 67.6 Å². The zero-order valence-electron chi connectivity index (χ0n) is 12.3. The van der Waals surface area contributed by atoms with E-state index >= 15 is 0 Å². The van der Waals surface area contributed by atoms with Gasteiger partial charge in [0, 0.05) is 25.9 Å². The van der Waals surface area contributed by atoms with Crippen LogP contribution in [0.4, 0.5) is 15.8 Å². The minimum absolute atomic E-state index is 0.114. The van der Waals surface area contributed by atoms with Gasteiger partial charge in [0.15, 0.2) is 0 Å². The molecular weight excluding hydrogens is 261 g/mol. The highest BCUT2D eigenvalue weighted by atomic mass is 19.1. The molecule has 1 aromatic carbocycles. The van der Waals surface area contributed by atoms with Crippen molar-refractivity contribution in [1.29, 1.82) is 0 Å². The van der Waals surface area contributed by atoms with Crippen molar-refractivity contribution in [2.75, 3.05) is 31.0 Å². The highest BCUT2D eigenvalue weighted by molar-refractivity contribution is 5.94. The standard InChI is InChI=1S/C14H22FN3O2/c1-9(2)18(3)13-6-5-10(7-11(13)15)17-14(19)12(16)8-20-4/h5-7,9,12H,8,16H2,1-4H3,(H,17,19). The van der Waals surface area contributed by atoms with Crippen molar-refractivity contribution < 1.29 is 13.9 Å². The van der Waals surface area contributed by atoms with Crippen LogP contribution in [-0.2, 0) is 9.53 Å². The Hall–Kier alpha value is -1.66. The van der Waals surface area contributed by atoms with Gasteiger partial charge < -0.3 is 20.7 Å². The van der Waals surface area contributed by atoms with E-state index in [1.807, 2.05) is 25.8 Å². The molecule has 0 aliphatic carbocycles. The van der Waals surface area contributed by atoms with E-state index in [1.165, 1.54) is 13.2 Å². The quantitative estimate of drug-likeness (QED) is 0.832. The predicted octanol–water partition coefficient (Wildman–Crippen LogP) is 1.58. The summed E-state index contributed by atoms with van der Waals surface area (Å²) >= 11 is 0. The van der Waals surface area contributed by atoms with Crippen LogP contribution in [0, 0.1) is 5.82 Å². The fraction of sp³-hybridized carbons (Fsp3) is 0.500. The second kappa shape index (κ2) is 7.21. The van der Waals surface area contributed by atoms with Gasteiger partial charge >= 0.3 is 0 Å². The molecule has 1 rings (SSSR count). The average molecular weight is 283 g/mol. The zero-order chi connectivity index (χ0) is 15.3. The van der Waals surface area contributed by atoms with Crippen LogP contribution in [-0.4, -0.2) is 38.8 Å². The summed E-state index contributed by atoms with van der Waals surface area (Å²) in [5.74, 6) is -0.796. The number of benzene rings is 1. The van der Waals surface area contributed by atoms with Crippen molar-refractivity contribution >= 4 is 17.3 Å². The van der Waals surface area contributed by atoms with E-state index in [1.54, 1.807) is 12.1 Å². The molecule has 0 bridgehead atoms. The first-order valence-corrected chi connectivity index (χ1v) is 6.44. The first kappa shape index (κ1) is 16.4. The summed E-state index contributed by atoms with van der Waals surface area (Å²) in [5.41, 5.74) is 6.45. The number of rotatable bonds is 6. The van der Waals surface area contributed by atoms with Crippen LogP contribution in [0.1, 0.15) is 13.8 Å². The van der Waals surface area contributed by atoms with Gasteiger partial charge in [0.05, 0.1) is 12.3 Å². The van der Waals surface area contributed by atoms with Gasteiger partial charge in [0.2, 0.25) is 5.91 Å². The molecule has 0 radical (unpaired) electrons. The molecular formula is C14H22FN3O2. The van der Waals surface area contributed by atoms with Gasteiger partial charge in [-0.25, -0.2) is 4.39 Å². The van der Waals surface area contributed by atoms with Crippen molar-refractivity contribution in [3.05, 3.63) is 24.0 Å². The summed E-state index contributed by atoms with van der Waals surface area (Å²) in [6.45, 7) is 4.06. The minimum atomic E-state index is -0.777. The number of nitrogens with zero attached hydrogens (tertiary/aromatic N) is 1. The van der Waals surface area contributed by atoms with Crippen LogP contribution in [0.3, 0.4) is 0 Å². The molecule has 1 amide bonds. The Kier molecular flexibility index (Phi) is 5.91. The molecule has 1 unspecified atom stereocenters. The lowest BCUT2D eigenvalue weighted by molar-refractivity contribution is -0.118. The number of halogens is 1. The Morgan fingerprint density at radius 2 is 2.15 bits per heavy atom. The number of anilines is 2. The largest absolute Gasteiger partial charge is 0.383 e. The highest BCUT2D eigenvalue weighted by Crippen LogP contribution is 2.23. The van der Waals surface area contributed by atoms with Crippen LogP contribution in [0.5, 0.6) is 0 Å². The Morgan fingerprint density at radius 3 is 2.65 bits per heavy atom. The van der Waals surface area contributed by atoms with Crippen molar-refractivity contribution in [1.82, 2.24) is 0 Å². The first-order chi connectivity index (χ1) is 9.36. The second-order valence-electron chi connectivity index (χ2n) is 4.92. The van der Waals surface area contributed by atoms with E-state index in [9.17, 15) is 9.18 Å². The van der Waals surface area contributed by atoms with Gasteiger partial charge in [-0.2, -0.15) is 0 Å². The summed E-state index contributed by atoms with van der Waals surface area (Å²) in [6, 6.07) is 3.97. The highest BCUT2D eigenvalue weighted by Gasteiger charge is 2.15. The number of ether oxygens (including phenoxy) is 1. The van der Waals surface area contributed by atoms with Gasteiger partial charge in [0.1, 0.15) is 11.9 Å². The van der Waals surface area contributed by atoms with Gasteiger partial charge in [0.25, 0.3) is 0 Å². The molecule has 0 saturated carbocycles. The zero-order valence-corrected chi connectivity index (χ0v) is 12.3. The Morgan fingerprint density at radius 1 is 1.50 bits per heavy atom. The molecule has 6 heteroatoms. The lowest BCUT2D eigenvalue weighted by Crippen LogP contribution is -2.39. The number of carbonyl (C=O) groups is 1. The third-order valence-electron chi connectivity index (χ3n) is 3.05. The molecule has 0 aliphatic heterocycles. The van der Waals surface area contributed by atoms with E-state index in [-0.39, 0.29) is 18.5 Å². The van der Waals surface area contributed by atoms with Crippen molar-refractivity contribution in [3.63, 3.8) is 0 Å². The third kappa shape index (κ3) is 4.18. The molecule has 20 heavy (non-hydrogen) atoms. The molecule has 5 nitrogen and oxygen atoms in total. The second-order valence-corrected chi connectivity index (χ2v) is 4.92. The van der Waals surface area contributed by atoms with Crippen molar-refractivity contribution in [2.24, 2.45) is 5.73 Å². The average Bonchev–Trinajstić information content (AvgIpc) is 2.38. The number of amides is 1. The van der Waals surface area contributed by atoms with E-state index in [2.05, 4.69) is 5.32 Å². The monoisotopic (exact) mass is 283 g/mol. The predicted molar refractivity (Wildman–Crippen MR) is 78.4 cm³/mol. The van der Waals surface area contributed by atoms with Gasteiger partial charge in [-0.05, 0) is 32.0 Å². The maximum absolute atomic E-state index is 14.0. The Bertz CT molecular complexity index is 466. The van der Waals surface area contributed by atoms with Crippen molar-refractivity contribution in [2.45, 2.75) is 25.9 Å². The summed E-state index contributed by atoms with van der Waals surface area (Å²) in [6.07, 6.45) is 0. The third-order valence-corrected chi connectivity index (χ3v) is 3.05. The maximum Gasteiger partial charge on any atom is 0.243 e. The lowest BCUT2D eigenvalue weighted by Gasteiger charge is -2.24. The number of hydrogen-bond donors (Lipinski definition) is 2. The minimum Gasteiger partial charge on any atom is -0.383 e. The van der Waals surface area contributed by atoms with Crippen LogP contribution < -0.4 is 16.0 Å². The molecule has 0 spiro atoms. The maximum atomic E-state index is 14.0. The van der Waals surface area contributed by atoms with E-state index in [0.717, 1.165) is 0 Å². The number of nitrogens with one attached hydrogen (secondary N) is 1.